The van der Waals surface area contributed by atoms with Gasteiger partial charge in [0.25, 0.3) is 0 Å². The van der Waals surface area contributed by atoms with E-state index in [-0.39, 0.29) is 24.4 Å². The highest BCUT2D eigenvalue weighted by molar-refractivity contribution is 5.85. The molecular weight excluding hydrogens is 260 g/mol. The molecule has 0 heterocycles. The number of rotatable bonds is 2. The molecule has 7 heteroatoms. The van der Waals surface area contributed by atoms with Crippen LogP contribution in [0, 0.1) is 17.1 Å². The molecule has 2 N–H and O–H groups in total. The van der Waals surface area contributed by atoms with Crippen LogP contribution < -0.4 is 5.73 Å². The number of hydrogen-bond acceptors (Lipinski definition) is 2. The first-order valence-corrected chi connectivity index (χ1v) is 4.35. The van der Waals surface area contributed by atoms with Crippen molar-refractivity contribution in [3.63, 3.8) is 0 Å². The number of alkyl halides is 3. The van der Waals surface area contributed by atoms with Crippen molar-refractivity contribution in [1.82, 2.24) is 0 Å². The number of nitrogens with two attached hydrogens (primary N) is 1. The lowest BCUT2D eigenvalue weighted by atomic mass is 9.98. The molecule has 0 aliphatic rings. The third-order valence-electron chi connectivity index (χ3n) is 2.03. The Balaban J connectivity index is 0.00000256. The Morgan fingerprint density at radius 3 is 2.41 bits per heavy atom. The Hall–Kier alpha value is -1.32. The maximum absolute atomic E-state index is 12.7. The highest BCUT2D eigenvalue weighted by Gasteiger charge is 2.35. The van der Waals surface area contributed by atoms with Crippen LogP contribution >= 0.6 is 12.4 Å². The van der Waals surface area contributed by atoms with Crippen LogP contribution in [0.5, 0.6) is 0 Å². The second-order valence-corrected chi connectivity index (χ2v) is 3.20. The van der Waals surface area contributed by atoms with Crippen LogP contribution in [-0.2, 0) is 6.18 Å². The van der Waals surface area contributed by atoms with Gasteiger partial charge in [0.05, 0.1) is 18.1 Å². The van der Waals surface area contributed by atoms with Crippen LogP contribution in [-0.4, -0.2) is 0 Å². The summed E-state index contributed by atoms with van der Waals surface area (Å²) in [5.74, 6) is -0.986. The predicted octanol–water partition coefficient (Wildman–Crippen LogP) is 3.18. The van der Waals surface area contributed by atoms with Crippen LogP contribution in [0.1, 0.15) is 23.6 Å². The van der Waals surface area contributed by atoms with E-state index >= 15 is 0 Å². The molecule has 1 atom stereocenters. The molecule has 1 rings (SSSR count). The van der Waals surface area contributed by atoms with Crippen LogP contribution in [0.4, 0.5) is 17.6 Å². The first kappa shape index (κ1) is 15.7. The zero-order chi connectivity index (χ0) is 12.3. The second kappa shape index (κ2) is 5.84. The fourth-order valence-corrected chi connectivity index (χ4v) is 1.31. The molecule has 0 saturated carbocycles. The average molecular weight is 269 g/mol. The van der Waals surface area contributed by atoms with Crippen molar-refractivity contribution in [2.24, 2.45) is 5.73 Å². The van der Waals surface area contributed by atoms with Crippen molar-refractivity contribution in [3.05, 3.63) is 35.1 Å². The van der Waals surface area contributed by atoms with Gasteiger partial charge in [-0.2, -0.15) is 18.4 Å². The summed E-state index contributed by atoms with van der Waals surface area (Å²) in [6.07, 6.45) is -4.93. The molecule has 0 bridgehead atoms. The zero-order valence-corrected chi connectivity index (χ0v) is 9.28. The lowest BCUT2D eigenvalue weighted by Gasteiger charge is -2.16. The van der Waals surface area contributed by atoms with Crippen LogP contribution in [0.2, 0.25) is 0 Å². The molecule has 17 heavy (non-hydrogen) atoms. The van der Waals surface area contributed by atoms with Gasteiger partial charge in [0, 0.05) is 6.04 Å². The van der Waals surface area contributed by atoms with Gasteiger partial charge in [-0.25, -0.2) is 4.39 Å². The van der Waals surface area contributed by atoms with E-state index in [4.69, 9.17) is 11.0 Å². The predicted molar refractivity (Wildman–Crippen MR) is 55.8 cm³/mol. The molecule has 0 amide bonds. The van der Waals surface area contributed by atoms with Crippen molar-refractivity contribution in [2.45, 2.75) is 18.6 Å². The number of benzene rings is 1. The summed E-state index contributed by atoms with van der Waals surface area (Å²) < 4.78 is 50.3. The lowest BCUT2D eigenvalue weighted by Crippen LogP contribution is -2.17. The summed E-state index contributed by atoms with van der Waals surface area (Å²) >= 11 is 0. The maximum atomic E-state index is 12.7. The van der Waals surface area contributed by atoms with Crippen molar-refractivity contribution in [1.29, 1.82) is 5.26 Å². The monoisotopic (exact) mass is 268 g/mol. The Bertz CT molecular complexity index is 425. The van der Waals surface area contributed by atoms with Gasteiger partial charge in [-0.3, -0.25) is 0 Å². The minimum absolute atomic E-state index is 0. The first-order valence-electron chi connectivity index (χ1n) is 4.35. The summed E-state index contributed by atoms with van der Waals surface area (Å²) in [5, 5.41) is 8.36. The normalized spacial score (nSPS) is 12.5. The Labute approximate surface area is 101 Å². The Morgan fingerprint density at radius 1 is 1.35 bits per heavy atom. The quantitative estimate of drug-likeness (QED) is 0.838. The van der Waals surface area contributed by atoms with Gasteiger partial charge in [0.2, 0.25) is 0 Å². The van der Waals surface area contributed by atoms with Gasteiger partial charge in [0.15, 0.2) is 0 Å². The minimum Gasteiger partial charge on any atom is -0.323 e. The third-order valence-corrected chi connectivity index (χ3v) is 2.03. The maximum Gasteiger partial charge on any atom is 0.416 e. The summed E-state index contributed by atoms with van der Waals surface area (Å²) in [5.41, 5.74) is 4.01. The number of nitriles is 1. The van der Waals surface area contributed by atoms with Crippen molar-refractivity contribution in [2.75, 3.05) is 0 Å². The van der Waals surface area contributed by atoms with Crippen LogP contribution in [0.25, 0.3) is 0 Å². The van der Waals surface area contributed by atoms with E-state index in [2.05, 4.69) is 0 Å². The molecule has 0 spiro atoms. The van der Waals surface area contributed by atoms with E-state index in [0.29, 0.717) is 6.07 Å². The molecule has 1 aromatic rings. The van der Waals surface area contributed by atoms with Crippen molar-refractivity contribution in [3.8, 4) is 6.07 Å². The molecule has 94 valence electrons. The van der Waals surface area contributed by atoms with E-state index < -0.39 is 23.6 Å². The smallest absolute Gasteiger partial charge is 0.323 e. The van der Waals surface area contributed by atoms with Gasteiger partial charge < -0.3 is 5.73 Å². The van der Waals surface area contributed by atoms with Crippen LogP contribution in [0.15, 0.2) is 18.2 Å². The summed E-state index contributed by atoms with van der Waals surface area (Å²) in [6.45, 7) is 0. The van der Waals surface area contributed by atoms with E-state index in [0.717, 1.165) is 12.1 Å². The van der Waals surface area contributed by atoms with E-state index in [1.807, 2.05) is 0 Å². The van der Waals surface area contributed by atoms with Crippen molar-refractivity contribution < 1.29 is 17.6 Å². The van der Waals surface area contributed by atoms with E-state index in [1.165, 1.54) is 0 Å². The minimum atomic E-state index is -4.68. The highest BCUT2D eigenvalue weighted by Crippen LogP contribution is 2.35. The SMILES string of the molecule is Cl.N#CC[C@H](N)c1ccc(F)cc1C(F)(F)F. The van der Waals surface area contributed by atoms with Gasteiger partial charge in [-0.05, 0) is 17.7 Å². The highest BCUT2D eigenvalue weighted by atomic mass is 35.5. The van der Waals surface area contributed by atoms with Gasteiger partial charge in [0.1, 0.15) is 5.82 Å². The molecule has 0 fully saturated rings. The fraction of sp³-hybridized carbons (Fsp3) is 0.300. The van der Waals surface area contributed by atoms with E-state index in [9.17, 15) is 17.6 Å². The summed E-state index contributed by atoms with van der Waals surface area (Å²) in [6, 6.07) is 2.84. The van der Waals surface area contributed by atoms with E-state index in [1.54, 1.807) is 6.07 Å². The molecular formula is C10H9ClF4N2. The molecule has 0 aromatic heterocycles. The summed E-state index contributed by atoms with van der Waals surface area (Å²) in [7, 11) is 0. The molecule has 0 saturated heterocycles. The third kappa shape index (κ3) is 3.88. The number of hydrogen-bond donors (Lipinski definition) is 1. The largest absolute Gasteiger partial charge is 0.416 e. The Kier molecular flexibility index (Phi) is 5.39. The molecule has 0 radical (unpaired) electrons. The molecule has 1 aromatic carbocycles. The van der Waals surface area contributed by atoms with Gasteiger partial charge in [-0.1, -0.05) is 6.07 Å². The topological polar surface area (TPSA) is 49.8 Å². The van der Waals surface area contributed by atoms with Crippen LogP contribution in [0.3, 0.4) is 0 Å². The molecule has 0 aliphatic carbocycles. The zero-order valence-electron chi connectivity index (χ0n) is 8.46. The van der Waals surface area contributed by atoms with Gasteiger partial charge in [-0.15, -0.1) is 12.4 Å². The Morgan fingerprint density at radius 2 is 1.94 bits per heavy atom. The standard InChI is InChI=1S/C10H8F4N2.ClH/c11-6-1-2-7(9(16)3-4-15)8(5-6)10(12,13)14;/h1-2,5,9H,3,16H2;1H/t9-;/m0./s1. The second-order valence-electron chi connectivity index (χ2n) is 3.20. The molecule has 2 nitrogen and oxygen atoms in total. The van der Waals surface area contributed by atoms with Gasteiger partial charge >= 0.3 is 6.18 Å². The fourth-order valence-electron chi connectivity index (χ4n) is 1.31. The first-order chi connectivity index (χ1) is 7.36. The van der Waals surface area contributed by atoms with Crippen molar-refractivity contribution >= 4 is 12.4 Å². The molecule has 0 aliphatic heterocycles. The lowest BCUT2D eigenvalue weighted by molar-refractivity contribution is -0.138. The number of nitrogens with zero attached hydrogens (tertiary/aromatic N) is 1. The summed E-state index contributed by atoms with van der Waals surface area (Å²) in [4.78, 5) is 0. The number of halogens is 5. The average Bonchev–Trinajstić information content (AvgIpc) is 2.16. The molecule has 0 unspecified atom stereocenters.